The molecule has 0 aliphatic carbocycles. The van der Waals surface area contributed by atoms with E-state index in [1.807, 2.05) is 18.2 Å². The van der Waals surface area contributed by atoms with Crippen LogP contribution in [0.4, 0.5) is 5.82 Å². The molecular formula is C21H28N4O2S2. The van der Waals surface area contributed by atoms with Crippen molar-refractivity contribution >= 4 is 49.3 Å². The number of thiophene rings is 1. The van der Waals surface area contributed by atoms with E-state index in [0.29, 0.717) is 19.1 Å². The molecule has 0 aromatic carbocycles. The van der Waals surface area contributed by atoms with Gasteiger partial charge in [0, 0.05) is 31.0 Å². The smallest absolute Gasteiger partial charge is 0.189 e. The molecule has 0 spiro atoms. The molecule has 0 bridgehead atoms. The van der Waals surface area contributed by atoms with E-state index in [4.69, 9.17) is 19.7 Å². The zero-order valence-electron chi connectivity index (χ0n) is 17.9. The minimum Gasteiger partial charge on any atom is -0.395 e. The number of rotatable bonds is 5. The molecule has 0 unspecified atom stereocenters. The van der Waals surface area contributed by atoms with Crippen LogP contribution in [0.2, 0.25) is 0 Å². The van der Waals surface area contributed by atoms with Crippen molar-refractivity contribution in [3.8, 4) is 0 Å². The number of aliphatic hydroxyl groups excluding tert-OH is 1. The third-order valence-corrected chi connectivity index (χ3v) is 7.03. The van der Waals surface area contributed by atoms with Gasteiger partial charge in [-0.05, 0) is 31.6 Å². The van der Waals surface area contributed by atoms with Gasteiger partial charge in [0.1, 0.15) is 4.83 Å². The largest absolute Gasteiger partial charge is 0.395 e. The Morgan fingerprint density at radius 1 is 1.24 bits per heavy atom. The average Bonchev–Trinajstić information content (AvgIpc) is 3.04. The molecule has 156 valence electrons. The van der Waals surface area contributed by atoms with Gasteiger partial charge < -0.3 is 14.7 Å². The van der Waals surface area contributed by atoms with Crippen molar-refractivity contribution in [2.45, 2.75) is 57.4 Å². The third-order valence-electron chi connectivity index (χ3n) is 5.41. The van der Waals surface area contributed by atoms with Gasteiger partial charge in [0.2, 0.25) is 0 Å². The van der Waals surface area contributed by atoms with Crippen molar-refractivity contribution in [2.75, 3.05) is 31.4 Å². The molecule has 1 N–H and O–H groups in total. The van der Waals surface area contributed by atoms with Gasteiger partial charge in [0.05, 0.1) is 34.7 Å². The van der Waals surface area contributed by atoms with Crippen LogP contribution in [0.3, 0.4) is 0 Å². The molecule has 4 rings (SSSR count). The summed E-state index contributed by atoms with van der Waals surface area (Å²) < 4.78 is 7.19. The number of pyridine rings is 1. The number of aliphatic hydroxyl groups is 1. The van der Waals surface area contributed by atoms with Gasteiger partial charge in [-0.1, -0.05) is 25.6 Å². The molecule has 6 nitrogen and oxygen atoms in total. The fourth-order valence-corrected chi connectivity index (χ4v) is 5.50. The Labute approximate surface area is 179 Å². The van der Waals surface area contributed by atoms with Gasteiger partial charge >= 0.3 is 0 Å². The van der Waals surface area contributed by atoms with Gasteiger partial charge in [-0.3, -0.25) is 0 Å². The second-order valence-electron chi connectivity index (χ2n) is 8.47. The van der Waals surface area contributed by atoms with Crippen LogP contribution < -0.4 is 4.90 Å². The summed E-state index contributed by atoms with van der Waals surface area (Å²) in [6, 6.07) is 0. The second-order valence-corrected chi connectivity index (χ2v) is 10.2. The monoisotopic (exact) mass is 432 g/mol. The fourth-order valence-electron chi connectivity index (χ4n) is 3.95. The SMILES string of the molecule is CSc1nc(N(C)CCO)c2sc3nc(C(C)C)c4c(c3c2n1)CC(C)(C)OC4. The zero-order chi connectivity index (χ0) is 20.9. The van der Waals surface area contributed by atoms with Crippen molar-refractivity contribution in [3.05, 3.63) is 16.8 Å². The fraction of sp³-hybridized carbons (Fsp3) is 0.571. The first kappa shape index (κ1) is 20.8. The van der Waals surface area contributed by atoms with Crippen molar-refractivity contribution < 1.29 is 9.84 Å². The predicted molar refractivity (Wildman–Crippen MR) is 122 cm³/mol. The number of fused-ring (bicyclic) bond motifs is 5. The van der Waals surface area contributed by atoms with Crippen LogP contribution in [0.15, 0.2) is 5.16 Å². The Morgan fingerprint density at radius 3 is 2.66 bits per heavy atom. The van der Waals surface area contributed by atoms with E-state index in [1.165, 1.54) is 22.9 Å². The van der Waals surface area contributed by atoms with Crippen LogP contribution in [0, 0.1) is 0 Å². The lowest BCUT2D eigenvalue weighted by Gasteiger charge is -2.33. The third kappa shape index (κ3) is 3.60. The summed E-state index contributed by atoms with van der Waals surface area (Å²) in [5, 5.41) is 11.3. The van der Waals surface area contributed by atoms with E-state index in [-0.39, 0.29) is 12.2 Å². The van der Waals surface area contributed by atoms with Crippen LogP contribution in [0.1, 0.15) is 50.4 Å². The highest BCUT2D eigenvalue weighted by molar-refractivity contribution is 7.98. The average molecular weight is 433 g/mol. The summed E-state index contributed by atoms with van der Waals surface area (Å²) in [7, 11) is 1.96. The van der Waals surface area contributed by atoms with Crippen LogP contribution in [0.5, 0.6) is 0 Å². The Balaban J connectivity index is 2.09. The molecule has 0 radical (unpaired) electrons. The van der Waals surface area contributed by atoms with E-state index in [1.54, 1.807) is 11.3 Å². The Hall–Kier alpha value is -1.48. The van der Waals surface area contributed by atoms with Crippen molar-refractivity contribution in [3.63, 3.8) is 0 Å². The maximum absolute atomic E-state index is 9.44. The summed E-state index contributed by atoms with van der Waals surface area (Å²) in [4.78, 5) is 17.8. The van der Waals surface area contributed by atoms with E-state index in [0.717, 1.165) is 43.5 Å². The molecule has 0 atom stereocenters. The van der Waals surface area contributed by atoms with Gasteiger partial charge in [0.25, 0.3) is 0 Å². The number of ether oxygens (including phenoxy) is 1. The van der Waals surface area contributed by atoms with Crippen molar-refractivity contribution in [1.29, 1.82) is 0 Å². The summed E-state index contributed by atoms with van der Waals surface area (Å²) in [6.45, 7) is 9.87. The summed E-state index contributed by atoms with van der Waals surface area (Å²) in [5.41, 5.74) is 4.43. The minimum atomic E-state index is -0.213. The van der Waals surface area contributed by atoms with Crippen LogP contribution in [-0.4, -0.2) is 52.1 Å². The van der Waals surface area contributed by atoms with Crippen LogP contribution in [0.25, 0.3) is 20.4 Å². The Bertz CT molecular complexity index is 1080. The molecule has 0 fully saturated rings. The number of likely N-dealkylation sites (N-methyl/N-ethyl adjacent to an activating group) is 1. The van der Waals surface area contributed by atoms with Gasteiger partial charge in [-0.25, -0.2) is 15.0 Å². The quantitative estimate of drug-likeness (QED) is 0.474. The molecule has 3 aromatic heterocycles. The summed E-state index contributed by atoms with van der Waals surface area (Å²) in [6.07, 6.45) is 2.83. The lowest BCUT2D eigenvalue weighted by molar-refractivity contribution is -0.0402. The van der Waals surface area contributed by atoms with E-state index in [2.05, 4.69) is 27.7 Å². The van der Waals surface area contributed by atoms with Gasteiger partial charge in [0.15, 0.2) is 11.0 Å². The normalized spacial score (nSPS) is 16.0. The van der Waals surface area contributed by atoms with Gasteiger partial charge in [-0.15, -0.1) is 11.3 Å². The van der Waals surface area contributed by atoms with Gasteiger partial charge in [-0.2, -0.15) is 0 Å². The van der Waals surface area contributed by atoms with Crippen LogP contribution >= 0.6 is 23.1 Å². The lowest BCUT2D eigenvalue weighted by Crippen LogP contribution is -2.33. The first-order valence-corrected chi connectivity index (χ1v) is 12.0. The van der Waals surface area contributed by atoms with E-state index < -0.39 is 0 Å². The minimum absolute atomic E-state index is 0.0815. The molecule has 29 heavy (non-hydrogen) atoms. The van der Waals surface area contributed by atoms with Crippen molar-refractivity contribution in [2.24, 2.45) is 0 Å². The standard InChI is InChI=1S/C21H28N4O2S2/c1-11(2)15-13-10-27-21(3,4)9-12(13)14-16-17(29-19(14)22-15)18(25(5)7-8-26)24-20(23-16)28-6/h11,26H,7-10H2,1-6H3. The molecule has 3 aromatic rings. The molecule has 1 aliphatic rings. The molecular weight excluding hydrogens is 404 g/mol. The highest BCUT2D eigenvalue weighted by Gasteiger charge is 2.32. The molecule has 0 saturated carbocycles. The summed E-state index contributed by atoms with van der Waals surface area (Å²) >= 11 is 3.20. The number of thioether (sulfide) groups is 1. The Kier molecular flexibility index (Phi) is 5.48. The van der Waals surface area contributed by atoms with E-state index >= 15 is 0 Å². The molecule has 0 saturated heterocycles. The van der Waals surface area contributed by atoms with E-state index in [9.17, 15) is 5.11 Å². The lowest BCUT2D eigenvalue weighted by atomic mass is 9.87. The topological polar surface area (TPSA) is 71.4 Å². The molecule has 0 amide bonds. The summed E-state index contributed by atoms with van der Waals surface area (Å²) in [5.74, 6) is 1.19. The number of hydrogen-bond acceptors (Lipinski definition) is 8. The number of nitrogens with zero attached hydrogens (tertiary/aromatic N) is 4. The maximum Gasteiger partial charge on any atom is 0.189 e. The molecule has 8 heteroatoms. The predicted octanol–water partition coefficient (Wildman–Crippen LogP) is 4.36. The molecule has 1 aliphatic heterocycles. The highest BCUT2D eigenvalue weighted by Crippen LogP contribution is 2.44. The maximum atomic E-state index is 9.44. The molecule has 4 heterocycles. The number of hydrogen-bond donors (Lipinski definition) is 1. The Morgan fingerprint density at radius 2 is 2.00 bits per heavy atom. The first-order valence-electron chi connectivity index (χ1n) is 9.91. The number of aromatic nitrogens is 3. The second kappa shape index (κ2) is 7.65. The highest BCUT2D eigenvalue weighted by atomic mass is 32.2. The first-order chi connectivity index (χ1) is 13.8. The van der Waals surface area contributed by atoms with Crippen LogP contribution in [-0.2, 0) is 17.8 Å². The zero-order valence-corrected chi connectivity index (χ0v) is 19.5. The number of anilines is 1. The van der Waals surface area contributed by atoms with Crippen molar-refractivity contribution in [1.82, 2.24) is 15.0 Å².